The largest absolute Gasteiger partial charge is 0.354 e. The first-order chi connectivity index (χ1) is 15.0. The summed E-state index contributed by atoms with van der Waals surface area (Å²) in [6, 6.07) is 15.4. The Hall–Kier alpha value is -2.87. The minimum atomic E-state index is -3.71. The maximum absolute atomic E-state index is 13.4. The standard InChI is InChI=1S/C24H33N3O4S/c1-18(2)15-25-24(29)20(4)26(16-21-11-9-10-19(3)14-21)23(28)17-27(32(5,30)31)22-12-7-6-8-13-22/h6-14,18,20H,15-17H2,1-5H3,(H,25,29)/t20-/m1/s1. The number of nitrogens with zero attached hydrogens (tertiary/aromatic N) is 2. The number of carbonyl (C=O) groups excluding carboxylic acids is 2. The van der Waals surface area contributed by atoms with Gasteiger partial charge in [0.25, 0.3) is 0 Å². The number of hydrogen-bond acceptors (Lipinski definition) is 4. The lowest BCUT2D eigenvalue weighted by Crippen LogP contribution is -2.51. The molecule has 0 aromatic heterocycles. The molecule has 0 unspecified atom stereocenters. The van der Waals surface area contributed by atoms with Crippen molar-refractivity contribution in [3.05, 3.63) is 65.7 Å². The fraction of sp³-hybridized carbons (Fsp3) is 0.417. The smallest absolute Gasteiger partial charge is 0.244 e. The zero-order valence-corrected chi connectivity index (χ0v) is 20.2. The molecule has 0 aliphatic heterocycles. The van der Waals surface area contributed by atoms with E-state index >= 15 is 0 Å². The molecule has 8 heteroatoms. The zero-order chi connectivity index (χ0) is 23.9. The number of benzene rings is 2. The van der Waals surface area contributed by atoms with Crippen LogP contribution < -0.4 is 9.62 Å². The van der Waals surface area contributed by atoms with E-state index in [0.29, 0.717) is 12.2 Å². The second-order valence-corrected chi connectivity index (χ2v) is 10.3. The van der Waals surface area contributed by atoms with E-state index in [2.05, 4.69) is 5.32 Å². The number of para-hydroxylation sites is 1. The molecule has 0 aliphatic carbocycles. The highest BCUT2D eigenvalue weighted by Gasteiger charge is 2.30. The predicted molar refractivity (Wildman–Crippen MR) is 128 cm³/mol. The van der Waals surface area contributed by atoms with Gasteiger partial charge in [0.1, 0.15) is 12.6 Å². The molecule has 32 heavy (non-hydrogen) atoms. The molecule has 0 heterocycles. The summed E-state index contributed by atoms with van der Waals surface area (Å²) in [4.78, 5) is 27.6. The quantitative estimate of drug-likeness (QED) is 0.592. The molecule has 0 radical (unpaired) electrons. The van der Waals surface area contributed by atoms with Crippen LogP contribution >= 0.6 is 0 Å². The number of carbonyl (C=O) groups is 2. The molecule has 0 aliphatic rings. The van der Waals surface area contributed by atoms with Gasteiger partial charge in [-0.05, 0) is 37.5 Å². The monoisotopic (exact) mass is 459 g/mol. The average molecular weight is 460 g/mol. The van der Waals surface area contributed by atoms with E-state index in [-0.39, 0.29) is 18.4 Å². The van der Waals surface area contributed by atoms with E-state index < -0.39 is 28.5 Å². The first-order valence-electron chi connectivity index (χ1n) is 10.6. The van der Waals surface area contributed by atoms with Crippen LogP contribution in [0.15, 0.2) is 54.6 Å². The fourth-order valence-electron chi connectivity index (χ4n) is 3.25. The lowest BCUT2D eigenvalue weighted by Gasteiger charge is -2.31. The Balaban J connectivity index is 2.33. The van der Waals surface area contributed by atoms with Crippen molar-refractivity contribution in [2.24, 2.45) is 5.92 Å². The highest BCUT2D eigenvalue weighted by atomic mass is 32.2. The van der Waals surface area contributed by atoms with E-state index in [4.69, 9.17) is 0 Å². The molecule has 1 N–H and O–H groups in total. The summed E-state index contributed by atoms with van der Waals surface area (Å²) < 4.78 is 26.0. The molecule has 0 fully saturated rings. The van der Waals surface area contributed by atoms with Gasteiger partial charge >= 0.3 is 0 Å². The van der Waals surface area contributed by atoms with Crippen LogP contribution in [-0.2, 0) is 26.2 Å². The van der Waals surface area contributed by atoms with E-state index in [9.17, 15) is 18.0 Å². The number of sulfonamides is 1. The summed E-state index contributed by atoms with van der Waals surface area (Å²) in [7, 11) is -3.71. The molecular formula is C24H33N3O4S. The molecule has 2 rings (SSSR count). The summed E-state index contributed by atoms with van der Waals surface area (Å²) in [6.07, 6.45) is 1.07. The van der Waals surface area contributed by atoms with E-state index in [1.165, 1.54) is 4.90 Å². The molecule has 2 aromatic rings. The van der Waals surface area contributed by atoms with Crippen molar-refractivity contribution >= 4 is 27.5 Å². The van der Waals surface area contributed by atoms with Crippen molar-refractivity contribution in [1.82, 2.24) is 10.2 Å². The molecule has 0 bridgehead atoms. The topological polar surface area (TPSA) is 86.8 Å². The zero-order valence-electron chi connectivity index (χ0n) is 19.4. The molecule has 1 atom stereocenters. The van der Waals surface area contributed by atoms with Gasteiger partial charge < -0.3 is 10.2 Å². The van der Waals surface area contributed by atoms with Gasteiger partial charge in [-0.15, -0.1) is 0 Å². The van der Waals surface area contributed by atoms with E-state index in [1.54, 1.807) is 37.3 Å². The van der Waals surface area contributed by atoms with Crippen molar-refractivity contribution in [2.75, 3.05) is 23.7 Å². The van der Waals surface area contributed by atoms with Crippen LogP contribution in [0.4, 0.5) is 5.69 Å². The van der Waals surface area contributed by atoms with Gasteiger partial charge in [0.2, 0.25) is 21.8 Å². The van der Waals surface area contributed by atoms with Gasteiger partial charge in [-0.1, -0.05) is 61.9 Å². The fourth-order valence-corrected chi connectivity index (χ4v) is 4.10. The summed E-state index contributed by atoms with van der Waals surface area (Å²) >= 11 is 0. The first kappa shape index (κ1) is 25.4. The molecular weight excluding hydrogens is 426 g/mol. The van der Waals surface area contributed by atoms with Crippen LogP contribution in [0, 0.1) is 12.8 Å². The summed E-state index contributed by atoms with van der Waals surface area (Å²) in [5, 5.41) is 2.86. The molecule has 174 valence electrons. The van der Waals surface area contributed by atoms with Crippen LogP contribution in [0.3, 0.4) is 0 Å². The Morgan fingerprint density at radius 2 is 1.66 bits per heavy atom. The van der Waals surface area contributed by atoms with Gasteiger partial charge in [0.15, 0.2) is 0 Å². The molecule has 0 spiro atoms. The maximum Gasteiger partial charge on any atom is 0.244 e. The van der Waals surface area contributed by atoms with Gasteiger partial charge in [-0.2, -0.15) is 0 Å². The SMILES string of the molecule is Cc1cccc(CN(C(=O)CN(c2ccccc2)S(C)(=O)=O)[C@H](C)C(=O)NCC(C)C)c1. The van der Waals surface area contributed by atoms with Crippen molar-refractivity contribution < 1.29 is 18.0 Å². The van der Waals surface area contributed by atoms with Crippen molar-refractivity contribution in [2.45, 2.75) is 40.3 Å². The third-order valence-corrected chi connectivity index (χ3v) is 6.15. The minimum absolute atomic E-state index is 0.198. The van der Waals surface area contributed by atoms with E-state index in [1.807, 2.05) is 45.0 Å². The van der Waals surface area contributed by atoms with Gasteiger partial charge in [-0.25, -0.2) is 8.42 Å². The van der Waals surface area contributed by atoms with Crippen LogP contribution in [0.25, 0.3) is 0 Å². The number of anilines is 1. The van der Waals surface area contributed by atoms with Crippen molar-refractivity contribution in [1.29, 1.82) is 0 Å². The van der Waals surface area contributed by atoms with Crippen molar-refractivity contribution in [3.8, 4) is 0 Å². The van der Waals surface area contributed by atoms with Gasteiger partial charge in [0, 0.05) is 13.1 Å². The van der Waals surface area contributed by atoms with Crippen LogP contribution in [0.1, 0.15) is 31.9 Å². The molecule has 2 amide bonds. The summed E-state index contributed by atoms with van der Waals surface area (Å²) in [5.74, 6) is -0.454. The Labute approximate surface area is 191 Å². The number of hydrogen-bond donors (Lipinski definition) is 1. The third-order valence-electron chi connectivity index (χ3n) is 5.01. The lowest BCUT2D eigenvalue weighted by atomic mass is 10.1. The Bertz CT molecular complexity index is 1020. The maximum atomic E-state index is 13.4. The molecule has 0 saturated carbocycles. The Kier molecular flexibility index (Phi) is 8.83. The summed E-state index contributed by atoms with van der Waals surface area (Å²) in [6.45, 7) is 7.90. The average Bonchev–Trinajstić information content (AvgIpc) is 2.73. The normalized spacial score (nSPS) is 12.3. The van der Waals surface area contributed by atoms with Gasteiger partial charge in [-0.3, -0.25) is 13.9 Å². The second kappa shape index (κ2) is 11.1. The summed E-state index contributed by atoms with van der Waals surface area (Å²) in [5.41, 5.74) is 2.30. The molecule has 0 saturated heterocycles. The van der Waals surface area contributed by atoms with Crippen LogP contribution in [-0.4, -0.2) is 50.5 Å². The minimum Gasteiger partial charge on any atom is -0.354 e. The number of aryl methyl sites for hydroxylation is 1. The third kappa shape index (κ3) is 7.37. The number of nitrogens with one attached hydrogen (secondary N) is 1. The van der Waals surface area contributed by atoms with Gasteiger partial charge in [0.05, 0.1) is 11.9 Å². The van der Waals surface area contributed by atoms with Crippen LogP contribution in [0.2, 0.25) is 0 Å². The first-order valence-corrected chi connectivity index (χ1v) is 12.5. The number of rotatable bonds is 10. The number of amides is 2. The molecule has 2 aromatic carbocycles. The predicted octanol–water partition coefficient (Wildman–Crippen LogP) is 2.95. The molecule has 7 nitrogen and oxygen atoms in total. The van der Waals surface area contributed by atoms with Crippen LogP contribution in [0.5, 0.6) is 0 Å². The second-order valence-electron chi connectivity index (χ2n) is 8.43. The Morgan fingerprint density at radius 3 is 2.22 bits per heavy atom. The lowest BCUT2D eigenvalue weighted by molar-refractivity contribution is -0.139. The highest BCUT2D eigenvalue weighted by molar-refractivity contribution is 7.92. The highest BCUT2D eigenvalue weighted by Crippen LogP contribution is 2.18. The van der Waals surface area contributed by atoms with E-state index in [0.717, 1.165) is 21.7 Å². The Morgan fingerprint density at radius 1 is 1.00 bits per heavy atom. The van der Waals surface area contributed by atoms with Crippen molar-refractivity contribution in [3.63, 3.8) is 0 Å².